The Morgan fingerprint density at radius 1 is 1.56 bits per heavy atom. The van der Waals surface area contributed by atoms with Gasteiger partial charge in [-0.25, -0.2) is 9.97 Å². The van der Waals surface area contributed by atoms with Crippen molar-refractivity contribution in [1.29, 1.82) is 0 Å². The van der Waals surface area contributed by atoms with Gasteiger partial charge in [-0.2, -0.15) is 0 Å². The predicted molar refractivity (Wildman–Crippen MR) is 67.3 cm³/mol. The molecule has 0 N–H and O–H groups in total. The lowest BCUT2D eigenvalue weighted by Gasteiger charge is -2.31. The molecule has 2 heterocycles. The minimum absolute atomic E-state index is 0.0621. The van der Waals surface area contributed by atoms with Crippen molar-refractivity contribution >= 4 is 11.7 Å². The average molecular weight is 250 g/mol. The first kappa shape index (κ1) is 12.8. The molecule has 6 heteroatoms. The molecule has 98 valence electrons. The Balaban J connectivity index is 2.15. The van der Waals surface area contributed by atoms with Crippen molar-refractivity contribution in [2.24, 2.45) is 0 Å². The zero-order valence-electron chi connectivity index (χ0n) is 11.0. The number of hydrogen-bond acceptors (Lipinski definition) is 5. The van der Waals surface area contributed by atoms with Crippen LogP contribution in [0.2, 0.25) is 0 Å². The molecule has 1 aromatic rings. The number of carbonyl (C=O) groups excluding carboxylic acids is 1. The summed E-state index contributed by atoms with van der Waals surface area (Å²) in [5.74, 6) is 1.53. The van der Waals surface area contributed by atoms with Crippen LogP contribution < -0.4 is 4.90 Å². The molecule has 0 bridgehead atoms. The fourth-order valence-corrected chi connectivity index (χ4v) is 1.86. The number of amides is 1. The fraction of sp³-hybridized carbons (Fsp3) is 0.583. The van der Waals surface area contributed by atoms with E-state index in [9.17, 15) is 4.79 Å². The highest BCUT2D eigenvalue weighted by Crippen LogP contribution is 2.20. The van der Waals surface area contributed by atoms with Crippen LogP contribution in [0.3, 0.4) is 0 Å². The molecule has 0 saturated carbocycles. The van der Waals surface area contributed by atoms with Crippen LogP contribution in [-0.4, -0.2) is 54.6 Å². The summed E-state index contributed by atoms with van der Waals surface area (Å²) in [6.45, 7) is 3.25. The smallest absolute Gasteiger partial charge is 0.219 e. The molecule has 1 aliphatic rings. The molecular formula is C12H18N4O2. The Morgan fingerprint density at radius 3 is 3.00 bits per heavy atom. The third-order valence-electron chi connectivity index (χ3n) is 2.92. The molecule has 0 spiro atoms. The Labute approximate surface area is 107 Å². The number of aromatic nitrogens is 2. The summed E-state index contributed by atoms with van der Waals surface area (Å²) in [6.07, 6.45) is 1.48. The minimum Gasteiger partial charge on any atom is -0.367 e. The molecule has 1 saturated heterocycles. The average Bonchev–Trinajstić information content (AvgIpc) is 2.39. The summed E-state index contributed by atoms with van der Waals surface area (Å²) in [5.41, 5.74) is 0. The van der Waals surface area contributed by atoms with Gasteiger partial charge in [0.05, 0.1) is 13.2 Å². The maximum absolute atomic E-state index is 11.4. The number of morpholine rings is 1. The highest BCUT2D eigenvalue weighted by atomic mass is 16.5. The molecule has 1 amide bonds. The summed E-state index contributed by atoms with van der Waals surface area (Å²) < 4.78 is 5.64. The third-order valence-corrected chi connectivity index (χ3v) is 2.92. The Kier molecular flexibility index (Phi) is 3.76. The maximum atomic E-state index is 11.4. The van der Waals surface area contributed by atoms with E-state index in [2.05, 4.69) is 9.97 Å². The lowest BCUT2D eigenvalue weighted by Crippen LogP contribution is -2.41. The molecular weight excluding hydrogens is 232 g/mol. The van der Waals surface area contributed by atoms with Crippen LogP contribution in [0.15, 0.2) is 12.3 Å². The normalized spacial score (nSPS) is 19.7. The van der Waals surface area contributed by atoms with E-state index in [-0.39, 0.29) is 12.0 Å². The number of ether oxygens (including phenoxy) is 1. The maximum Gasteiger partial charge on any atom is 0.219 e. The van der Waals surface area contributed by atoms with Gasteiger partial charge < -0.3 is 14.5 Å². The van der Waals surface area contributed by atoms with Gasteiger partial charge in [-0.3, -0.25) is 4.79 Å². The van der Waals surface area contributed by atoms with E-state index in [1.54, 1.807) is 18.0 Å². The molecule has 1 atom stereocenters. The molecule has 0 aliphatic carbocycles. The first-order valence-corrected chi connectivity index (χ1v) is 5.95. The first-order valence-electron chi connectivity index (χ1n) is 5.95. The molecule has 6 nitrogen and oxygen atoms in total. The minimum atomic E-state index is -0.234. The Morgan fingerprint density at radius 2 is 2.33 bits per heavy atom. The lowest BCUT2D eigenvalue weighted by atomic mass is 10.2. The highest BCUT2D eigenvalue weighted by molar-refractivity contribution is 5.73. The molecule has 1 aromatic heterocycles. The summed E-state index contributed by atoms with van der Waals surface area (Å²) in [4.78, 5) is 23.7. The highest BCUT2D eigenvalue weighted by Gasteiger charge is 2.25. The van der Waals surface area contributed by atoms with Gasteiger partial charge in [0.25, 0.3) is 0 Å². The monoisotopic (exact) mass is 250 g/mol. The largest absolute Gasteiger partial charge is 0.367 e. The number of anilines is 1. The van der Waals surface area contributed by atoms with E-state index in [1.165, 1.54) is 0 Å². The van der Waals surface area contributed by atoms with E-state index < -0.39 is 0 Å². The topological polar surface area (TPSA) is 58.6 Å². The Hall–Kier alpha value is -1.69. The van der Waals surface area contributed by atoms with E-state index in [4.69, 9.17) is 4.74 Å². The van der Waals surface area contributed by atoms with Crippen LogP contribution in [0, 0.1) is 0 Å². The summed E-state index contributed by atoms with van der Waals surface area (Å²) >= 11 is 0. The third kappa shape index (κ3) is 2.76. The SMILES string of the molecule is CC(=O)N1CCOC(c2nccc(N(C)C)n2)C1. The molecule has 1 fully saturated rings. The zero-order valence-corrected chi connectivity index (χ0v) is 11.0. The van der Waals surface area contributed by atoms with E-state index in [0.29, 0.717) is 25.5 Å². The van der Waals surface area contributed by atoms with Crippen molar-refractivity contribution in [2.45, 2.75) is 13.0 Å². The van der Waals surface area contributed by atoms with Crippen LogP contribution in [0.4, 0.5) is 5.82 Å². The zero-order chi connectivity index (χ0) is 13.1. The number of carbonyl (C=O) groups is 1. The van der Waals surface area contributed by atoms with Gasteiger partial charge in [-0.1, -0.05) is 0 Å². The van der Waals surface area contributed by atoms with Crippen LogP contribution >= 0.6 is 0 Å². The van der Waals surface area contributed by atoms with E-state index in [0.717, 1.165) is 5.82 Å². The van der Waals surface area contributed by atoms with Crippen molar-refractivity contribution in [3.05, 3.63) is 18.1 Å². The molecule has 1 unspecified atom stereocenters. The van der Waals surface area contributed by atoms with Gasteiger partial charge >= 0.3 is 0 Å². The molecule has 18 heavy (non-hydrogen) atoms. The van der Waals surface area contributed by atoms with Crippen LogP contribution in [0.1, 0.15) is 18.9 Å². The summed E-state index contributed by atoms with van der Waals surface area (Å²) in [5, 5.41) is 0. The Bertz CT molecular complexity index is 436. The van der Waals surface area contributed by atoms with Crippen molar-refractivity contribution in [2.75, 3.05) is 38.7 Å². The van der Waals surface area contributed by atoms with Gasteiger partial charge in [0.2, 0.25) is 5.91 Å². The summed E-state index contributed by atoms with van der Waals surface area (Å²) in [7, 11) is 3.85. The van der Waals surface area contributed by atoms with Gasteiger partial charge in [0.15, 0.2) is 5.82 Å². The number of hydrogen-bond donors (Lipinski definition) is 0. The van der Waals surface area contributed by atoms with E-state index in [1.807, 2.05) is 25.1 Å². The molecule has 0 radical (unpaired) electrons. The number of nitrogens with zero attached hydrogens (tertiary/aromatic N) is 4. The van der Waals surface area contributed by atoms with Crippen molar-refractivity contribution < 1.29 is 9.53 Å². The van der Waals surface area contributed by atoms with Crippen LogP contribution in [0.25, 0.3) is 0 Å². The second kappa shape index (κ2) is 5.30. The summed E-state index contributed by atoms with van der Waals surface area (Å²) in [6, 6.07) is 1.84. The van der Waals surface area contributed by atoms with Crippen LogP contribution in [-0.2, 0) is 9.53 Å². The van der Waals surface area contributed by atoms with Gasteiger partial charge in [0.1, 0.15) is 11.9 Å². The quantitative estimate of drug-likeness (QED) is 0.763. The molecule has 1 aliphatic heterocycles. The second-order valence-corrected chi connectivity index (χ2v) is 4.49. The molecule has 0 aromatic carbocycles. The van der Waals surface area contributed by atoms with Crippen molar-refractivity contribution in [3.63, 3.8) is 0 Å². The van der Waals surface area contributed by atoms with Crippen LogP contribution in [0.5, 0.6) is 0 Å². The van der Waals surface area contributed by atoms with Gasteiger partial charge in [-0.15, -0.1) is 0 Å². The second-order valence-electron chi connectivity index (χ2n) is 4.49. The van der Waals surface area contributed by atoms with E-state index >= 15 is 0 Å². The fourth-order valence-electron chi connectivity index (χ4n) is 1.86. The first-order chi connectivity index (χ1) is 8.58. The van der Waals surface area contributed by atoms with Crippen molar-refractivity contribution in [3.8, 4) is 0 Å². The predicted octanol–water partition coefficient (Wildman–Crippen LogP) is 0.462. The number of rotatable bonds is 2. The lowest BCUT2D eigenvalue weighted by molar-refractivity contribution is -0.136. The van der Waals surface area contributed by atoms with Gasteiger partial charge in [-0.05, 0) is 6.07 Å². The standard InChI is InChI=1S/C12H18N4O2/c1-9(17)16-6-7-18-10(8-16)12-13-5-4-11(14-12)15(2)3/h4-5,10H,6-8H2,1-3H3. The molecule has 2 rings (SSSR count). The van der Waals surface area contributed by atoms with Crippen molar-refractivity contribution in [1.82, 2.24) is 14.9 Å². The van der Waals surface area contributed by atoms with Gasteiger partial charge in [0, 0.05) is 33.8 Å².